The van der Waals surface area contributed by atoms with Crippen LogP contribution in [0.15, 0.2) is 156 Å². The van der Waals surface area contributed by atoms with Crippen LogP contribution in [0, 0.1) is 0 Å². The van der Waals surface area contributed by atoms with Gasteiger partial charge in [0.05, 0.1) is 0 Å². The SMILES string of the molecule is O=C(Nc1ccccc1)C(Cc1ccccc1)N=Cc1cccc(C=NC(Cc2ccccc2)C(=O)Nc2ccccc2)c1. The molecule has 0 fully saturated rings. The van der Waals surface area contributed by atoms with Crippen LogP contribution in [0.25, 0.3) is 0 Å². The Labute approximate surface area is 258 Å². The number of nitrogens with zero attached hydrogens (tertiary/aromatic N) is 2. The first kappa shape index (κ1) is 29.9. The van der Waals surface area contributed by atoms with Crippen molar-refractivity contribution < 1.29 is 9.59 Å². The number of hydrogen-bond donors (Lipinski definition) is 2. The van der Waals surface area contributed by atoms with E-state index in [1.807, 2.05) is 146 Å². The van der Waals surface area contributed by atoms with Crippen molar-refractivity contribution in [2.24, 2.45) is 9.98 Å². The van der Waals surface area contributed by atoms with E-state index in [-0.39, 0.29) is 11.8 Å². The van der Waals surface area contributed by atoms with Gasteiger partial charge in [0.2, 0.25) is 11.8 Å². The van der Waals surface area contributed by atoms with E-state index in [1.54, 1.807) is 12.4 Å². The maximum Gasteiger partial charge on any atom is 0.249 e. The van der Waals surface area contributed by atoms with E-state index in [0.29, 0.717) is 12.8 Å². The fourth-order valence-electron chi connectivity index (χ4n) is 4.67. The van der Waals surface area contributed by atoms with Crippen molar-refractivity contribution in [2.75, 3.05) is 10.6 Å². The Morgan fingerprint density at radius 3 is 1.25 bits per heavy atom. The second-order valence-corrected chi connectivity index (χ2v) is 10.3. The topological polar surface area (TPSA) is 82.9 Å². The summed E-state index contributed by atoms with van der Waals surface area (Å²) in [6.07, 6.45) is 4.38. The Hall–Kier alpha value is -5.62. The lowest BCUT2D eigenvalue weighted by atomic mass is 10.0. The van der Waals surface area contributed by atoms with Crippen molar-refractivity contribution in [2.45, 2.75) is 24.9 Å². The van der Waals surface area contributed by atoms with Gasteiger partial charge < -0.3 is 10.6 Å². The number of carbonyl (C=O) groups is 2. The quantitative estimate of drug-likeness (QED) is 0.156. The number of aliphatic imine (C=N–C) groups is 2. The second kappa shape index (κ2) is 15.6. The number of amides is 2. The van der Waals surface area contributed by atoms with Crippen LogP contribution in [0.1, 0.15) is 22.3 Å². The standard InChI is InChI=1S/C38H34N4O2/c43-37(41-33-20-9-3-10-21-33)35(25-29-14-5-1-6-15-29)39-27-31-18-13-19-32(24-31)28-40-36(26-30-16-7-2-8-17-30)38(44)42-34-22-11-4-12-23-34/h1-24,27-28,35-36H,25-26H2,(H,41,43)(H,42,44). The minimum Gasteiger partial charge on any atom is -0.324 e. The second-order valence-electron chi connectivity index (χ2n) is 10.3. The number of para-hydroxylation sites is 2. The molecule has 0 heterocycles. The molecule has 2 amide bonds. The molecule has 5 aromatic rings. The lowest BCUT2D eigenvalue weighted by Crippen LogP contribution is -2.28. The van der Waals surface area contributed by atoms with Crippen LogP contribution in [0.2, 0.25) is 0 Å². The van der Waals surface area contributed by atoms with E-state index >= 15 is 0 Å². The Morgan fingerprint density at radius 1 is 0.500 bits per heavy atom. The molecular formula is C38H34N4O2. The number of hydrogen-bond acceptors (Lipinski definition) is 4. The Bertz CT molecular complexity index is 1560. The van der Waals surface area contributed by atoms with Gasteiger partial charge in [0, 0.05) is 36.6 Å². The van der Waals surface area contributed by atoms with Crippen molar-refractivity contribution in [1.82, 2.24) is 0 Å². The fourth-order valence-corrected chi connectivity index (χ4v) is 4.67. The van der Waals surface area contributed by atoms with E-state index in [2.05, 4.69) is 10.6 Å². The number of carbonyl (C=O) groups excluding carboxylic acids is 2. The Morgan fingerprint density at radius 2 is 0.864 bits per heavy atom. The molecule has 0 aliphatic heterocycles. The normalized spacial score (nSPS) is 12.5. The molecule has 0 saturated carbocycles. The van der Waals surface area contributed by atoms with E-state index in [4.69, 9.17) is 9.98 Å². The molecule has 5 aromatic carbocycles. The zero-order chi connectivity index (χ0) is 30.4. The molecular weight excluding hydrogens is 544 g/mol. The Balaban J connectivity index is 1.33. The van der Waals surface area contributed by atoms with Gasteiger partial charge in [0.15, 0.2) is 0 Å². The van der Waals surface area contributed by atoms with Gasteiger partial charge in [-0.1, -0.05) is 115 Å². The molecule has 2 atom stereocenters. The zero-order valence-corrected chi connectivity index (χ0v) is 24.3. The summed E-state index contributed by atoms with van der Waals surface area (Å²) in [5.41, 5.74) is 5.16. The van der Waals surface area contributed by atoms with Gasteiger partial charge in [0.25, 0.3) is 0 Å². The van der Waals surface area contributed by atoms with Crippen LogP contribution < -0.4 is 10.6 Å². The average Bonchev–Trinajstić information content (AvgIpc) is 3.07. The number of nitrogens with one attached hydrogen (secondary N) is 2. The summed E-state index contributed by atoms with van der Waals surface area (Å²) >= 11 is 0. The summed E-state index contributed by atoms with van der Waals surface area (Å²) in [5, 5.41) is 5.96. The van der Waals surface area contributed by atoms with Crippen LogP contribution in [0.5, 0.6) is 0 Å². The molecule has 6 nitrogen and oxygen atoms in total. The maximum atomic E-state index is 13.2. The highest BCUT2D eigenvalue weighted by Crippen LogP contribution is 2.14. The number of benzene rings is 5. The molecule has 0 aromatic heterocycles. The van der Waals surface area contributed by atoms with Crippen LogP contribution >= 0.6 is 0 Å². The molecule has 0 spiro atoms. The van der Waals surface area contributed by atoms with Crippen molar-refractivity contribution in [3.8, 4) is 0 Å². The molecule has 2 N–H and O–H groups in total. The fraction of sp³-hybridized carbons (Fsp3) is 0.105. The summed E-state index contributed by atoms with van der Waals surface area (Å²) in [7, 11) is 0. The van der Waals surface area contributed by atoms with Gasteiger partial charge in [-0.2, -0.15) is 0 Å². The van der Waals surface area contributed by atoms with Crippen molar-refractivity contribution >= 4 is 35.6 Å². The number of rotatable bonds is 12. The highest BCUT2D eigenvalue weighted by molar-refractivity contribution is 5.98. The lowest BCUT2D eigenvalue weighted by molar-refractivity contribution is -0.118. The van der Waals surface area contributed by atoms with Crippen LogP contribution in [-0.2, 0) is 22.4 Å². The first-order valence-electron chi connectivity index (χ1n) is 14.6. The van der Waals surface area contributed by atoms with E-state index in [1.165, 1.54) is 0 Å². The monoisotopic (exact) mass is 578 g/mol. The first-order valence-corrected chi connectivity index (χ1v) is 14.6. The van der Waals surface area contributed by atoms with Gasteiger partial charge in [-0.25, -0.2) is 0 Å². The van der Waals surface area contributed by atoms with Gasteiger partial charge in [-0.15, -0.1) is 0 Å². The molecule has 6 heteroatoms. The molecule has 0 aliphatic rings. The maximum absolute atomic E-state index is 13.2. The van der Waals surface area contributed by atoms with Gasteiger partial charge in [0.1, 0.15) is 12.1 Å². The predicted octanol–water partition coefficient (Wildman–Crippen LogP) is 7.02. The summed E-state index contributed by atoms with van der Waals surface area (Å²) in [6.45, 7) is 0. The van der Waals surface area contributed by atoms with Crippen molar-refractivity contribution in [1.29, 1.82) is 0 Å². The third-order valence-electron chi connectivity index (χ3n) is 6.95. The summed E-state index contributed by atoms with van der Waals surface area (Å²) in [5.74, 6) is -0.357. The van der Waals surface area contributed by atoms with Crippen molar-refractivity contribution in [3.05, 3.63) is 168 Å². The molecule has 0 radical (unpaired) electrons. The number of anilines is 2. The zero-order valence-electron chi connectivity index (χ0n) is 24.3. The summed E-state index contributed by atoms with van der Waals surface area (Å²) in [4.78, 5) is 35.9. The highest BCUT2D eigenvalue weighted by atomic mass is 16.2. The van der Waals surface area contributed by atoms with Crippen LogP contribution in [0.4, 0.5) is 11.4 Å². The molecule has 44 heavy (non-hydrogen) atoms. The first-order chi connectivity index (χ1) is 21.6. The molecule has 0 bridgehead atoms. The van der Waals surface area contributed by atoms with Crippen LogP contribution in [-0.4, -0.2) is 36.3 Å². The summed E-state index contributed by atoms with van der Waals surface area (Å²) < 4.78 is 0. The molecule has 218 valence electrons. The average molecular weight is 579 g/mol. The Kier molecular flexibility index (Phi) is 10.6. The largest absolute Gasteiger partial charge is 0.324 e. The predicted molar refractivity (Wildman–Crippen MR) is 180 cm³/mol. The van der Waals surface area contributed by atoms with E-state index in [9.17, 15) is 9.59 Å². The third-order valence-corrected chi connectivity index (χ3v) is 6.95. The molecule has 0 saturated heterocycles. The smallest absolute Gasteiger partial charge is 0.249 e. The summed E-state index contributed by atoms with van der Waals surface area (Å²) in [6, 6.07) is 45.0. The molecule has 0 aliphatic carbocycles. The van der Waals surface area contributed by atoms with Crippen molar-refractivity contribution in [3.63, 3.8) is 0 Å². The third kappa shape index (κ3) is 9.19. The molecule has 2 unspecified atom stereocenters. The minimum absolute atomic E-state index is 0.179. The van der Waals surface area contributed by atoms with Crippen LogP contribution in [0.3, 0.4) is 0 Å². The molecule has 5 rings (SSSR count). The van der Waals surface area contributed by atoms with Gasteiger partial charge in [-0.05, 0) is 52.6 Å². The lowest BCUT2D eigenvalue weighted by Gasteiger charge is -2.14. The highest BCUT2D eigenvalue weighted by Gasteiger charge is 2.19. The van der Waals surface area contributed by atoms with E-state index in [0.717, 1.165) is 33.6 Å². The van der Waals surface area contributed by atoms with Gasteiger partial charge in [-0.3, -0.25) is 19.6 Å². The van der Waals surface area contributed by atoms with Gasteiger partial charge >= 0.3 is 0 Å². The van der Waals surface area contributed by atoms with E-state index < -0.39 is 12.1 Å². The minimum atomic E-state index is -0.619.